The largest absolute Gasteiger partial charge is 0.465 e. The molecule has 0 aromatic heterocycles. The van der Waals surface area contributed by atoms with Gasteiger partial charge in [0.15, 0.2) is 0 Å². The van der Waals surface area contributed by atoms with Gasteiger partial charge in [-0.2, -0.15) is 0 Å². The van der Waals surface area contributed by atoms with Gasteiger partial charge in [-0.25, -0.2) is 0 Å². The van der Waals surface area contributed by atoms with Crippen molar-refractivity contribution in [2.75, 3.05) is 0 Å². The first-order valence-corrected chi connectivity index (χ1v) is 6.71. The Labute approximate surface area is 118 Å². The highest BCUT2D eigenvalue weighted by Gasteiger charge is 2.27. The van der Waals surface area contributed by atoms with Crippen molar-refractivity contribution < 1.29 is 9.47 Å². The van der Waals surface area contributed by atoms with Crippen LogP contribution in [0.2, 0.25) is 0 Å². The Bertz CT molecular complexity index is 702. The Morgan fingerprint density at radius 1 is 1.20 bits per heavy atom. The van der Waals surface area contributed by atoms with E-state index in [1.165, 1.54) is 5.56 Å². The summed E-state index contributed by atoms with van der Waals surface area (Å²) in [6.07, 6.45) is 14.9. The van der Waals surface area contributed by atoms with Gasteiger partial charge in [0, 0.05) is 5.57 Å². The lowest BCUT2D eigenvalue weighted by Crippen LogP contribution is -2.18. The SMILES string of the molecule is [c]1ccc2c(c1)CC=C(C1C=CC=C3OC=CC=C31)O2. The lowest BCUT2D eigenvalue weighted by molar-refractivity contribution is 0.329. The fourth-order valence-corrected chi connectivity index (χ4v) is 2.68. The van der Waals surface area contributed by atoms with Gasteiger partial charge in [0.05, 0.1) is 12.2 Å². The number of fused-ring (bicyclic) bond motifs is 2. The highest BCUT2D eigenvalue weighted by molar-refractivity contribution is 5.48. The Morgan fingerprint density at radius 2 is 2.20 bits per heavy atom. The molecule has 2 heteroatoms. The lowest BCUT2D eigenvalue weighted by atomic mass is 9.88. The monoisotopic (exact) mass is 261 g/mol. The molecule has 1 aromatic rings. The first-order chi connectivity index (χ1) is 9.92. The van der Waals surface area contributed by atoms with Crippen LogP contribution in [0.5, 0.6) is 5.75 Å². The molecule has 0 bridgehead atoms. The summed E-state index contributed by atoms with van der Waals surface area (Å²) in [5, 5.41) is 0. The maximum atomic E-state index is 6.06. The van der Waals surface area contributed by atoms with Gasteiger partial charge in [0.2, 0.25) is 0 Å². The van der Waals surface area contributed by atoms with Gasteiger partial charge in [-0.15, -0.1) is 0 Å². The van der Waals surface area contributed by atoms with E-state index in [9.17, 15) is 0 Å². The number of benzene rings is 1. The van der Waals surface area contributed by atoms with E-state index < -0.39 is 0 Å². The van der Waals surface area contributed by atoms with Crippen molar-refractivity contribution in [3.05, 3.63) is 89.6 Å². The van der Waals surface area contributed by atoms with E-state index in [4.69, 9.17) is 9.47 Å². The van der Waals surface area contributed by atoms with E-state index >= 15 is 0 Å². The quantitative estimate of drug-likeness (QED) is 0.764. The molecule has 0 fully saturated rings. The van der Waals surface area contributed by atoms with Gasteiger partial charge in [-0.05, 0) is 48.4 Å². The zero-order valence-corrected chi connectivity index (χ0v) is 10.9. The molecule has 2 nitrogen and oxygen atoms in total. The van der Waals surface area contributed by atoms with E-state index in [0.29, 0.717) is 0 Å². The number of rotatable bonds is 1. The minimum Gasteiger partial charge on any atom is -0.465 e. The minimum atomic E-state index is 0.122. The summed E-state index contributed by atoms with van der Waals surface area (Å²) in [7, 11) is 0. The van der Waals surface area contributed by atoms with Crippen LogP contribution in [0, 0.1) is 12.0 Å². The molecule has 0 amide bonds. The average Bonchev–Trinajstić information content (AvgIpc) is 2.54. The second kappa shape index (κ2) is 4.57. The molecule has 4 rings (SSSR count). The summed E-state index contributed by atoms with van der Waals surface area (Å²) in [6.45, 7) is 0. The summed E-state index contributed by atoms with van der Waals surface area (Å²) in [5.41, 5.74) is 2.33. The van der Waals surface area contributed by atoms with Crippen LogP contribution in [-0.2, 0) is 11.2 Å². The molecule has 1 aromatic carbocycles. The molecular formula is C18H13O2. The molecule has 97 valence electrons. The van der Waals surface area contributed by atoms with Crippen molar-refractivity contribution in [1.29, 1.82) is 0 Å². The van der Waals surface area contributed by atoms with E-state index in [1.54, 1.807) is 6.26 Å². The van der Waals surface area contributed by atoms with E-state index in [2.05, 4.69) is 24.3 Å². The predicted molar refractivity (Wildman–Crippen MR) is 76.7 cm³/mol. The molecular weight excluding hydrogens is 248 g/mol. The average molecular weight is 261 g/mol. The van der Waals surface area contributed by atoms with Crippen LogP contribution in [0.25, 0.3) is 0 Å². The van der Waals surface area contributed by atoms with Crippen LogP contribution in [0.15, 0.2) is 78.0 Å². The van der Waals surface area contributed by atoms with Crippen molar-refractivity contribution in [3.63, 3.8) is 0 Å². The first kappa shape index (κ1) is 11.4. The summed E-state index contributed by atoms with van der Waals surface area (Å²) in [4.78, 5) is 0. The third kappa shape index (κ3) is 1.81. The number of hydrogen-bond acceptors (Lipinski definition) is 2. The predicted octanol–water partition coefficient (Wildman–Crippen LogP) is 3.85. The van der Waals surface area contributed by atoms with Crippen LogP contribution in [0.4, 0.5) is 0 Å². The third-order valence-corrected chi connectivity index (χ3v) is 3.68. The normalized spacial score (nSPS) is 22.6. The minimum absolute atomic E-state index is 0.122. The molecule has 0 spiro atoms. The van der Waals surface area contributed by atoms with Gasteiger partial charge >= 0.3 is 0 Å². The number of allylic oxidation sites excluding steroid dienone is 7. The first-order valence-electron chi connectivity index (χ1n) is 6.71. The number of ether oxygens (including phenoxy) is 2. The summed E-state index contributed by atoms with van der Waals surface area (Å²) < 4.78 is 11.6. The van der Waals surface area contributed by atoms with Crippen LogP contribution in [0.3, 0.4) is 0 Å². The Hall–Kier alpha value is -2.48. The van der Waals surface area contributed by atoms with Gasteiger partial charge in [-0.1, -0.05) is 24.3 Å². The van der Waals surface area contributed by atoms with Crippen LogP contribution < -0.4 is 4.74 Å². The maximum Gasteiger partial charge on any atom is 0.130 e. The topological polar surface area (TPSA) is 18.5 Å². The van der Waals surface area contributed by atoms with E-state index in [1.807, 2.05) is 36.4 Å². The molecule has 3 aliphatic rings. The van der Waals surface area contributed by atoms with Crippen molar-refractivity contribution in [2.45, 2.75) is 6.42 Å². The molecule has 1 aliphatic carbocycles. The molecule has 0 saturated carbocycles. The van der Waals surface area contributed by atoms with Gasteiger partial charge in [0.25, 0.3) is 0 Å². The molecule has 0 saturated heterocycles. The van der Waals surface area contributed by atoms with Crippen molar-refractivity contribution >= 4 is 0 Å². The molecule has 1 unspecified atom stereocenters. The Balaban J connectivity index is 1.68. The van der Waals surface area contributed by atoms with Gasteiger partial charge in [-0.3, -0.25) is 0 Å². The maximum absolute atomic E-state index is 6.06. The highest BCUT2D eigenvalue weighted by Crippen LogP contribution is 2.37. The third-order valence-electron chi connectivity index (χ3n) is 3.68. The molecule has 2 aliphatic heterocycles. The fraction of sp³-hybridized carbons (Fsp3) is 0.111. The smallest absolute Gasteiger partial charge is 0.130 e. The second-order valence-corrected chi connectivity index (χ2v) is 4.91. The van der Waals surface area contributed by atoms with Gasteiger partial charge in [0.1, 0.15) is 17.3 Å². The Kier molecular flexibility index (Phi) is 2.59. The van der Waals surface area contributed by atoms with Crippen LogP contribution in [0.1, 0.15) is 5.56 Å². The summed E-state index contributed by atoms with van der Waals surface area (Å²) in [6, 6.07) is 8.92. The molecule has 1 atom stereocenters. The van der Waals surface area contributed by atoms with Crippen LogP contribution in [-0.4, -0.2) is 0 Å². The van der Waals surface area contributed by atoms with Crippen molar-refractivity contribution in [1.82, 2.24) is 0 Å². The molecule has 2 heterocycles. The van der Waals surface area contributed by atoms with Crippen molar-refractivity contribution in [3.8, 4) is 5.75 Å². The van der Waals surface area contributed by atoms with Crippen molar-refractivity contribution in [2.24, 2.45) is 5.92 Å². The second-order valence-electron chi connectivity index (χ2n) is 4.91. The summed E-state index contributed by atoms with van der Waals surface area (Å²) >= 11 is 0. The Morgan fingerprint density at radius 3 is 3.20 bits per heavy atom. The zero-order chi connectivity index (χ0) is 13.4. The molecule has 1 radical (unpaired) electrons. The standard InChI is InChI=1S/C18H13O2/c1-2-8-16-13(5-1)10-11-18(20-16)15-6-3-9-17-14(15)7-4-12-19-17/h2-9,11-12,15H,10H2. The highest BCUT2D eigenvalue weighted by atomic mass is 16.5. The van der Waals surface area contributed by atoms with Crippen LogP contribution >= 0.6 is 0 Å². The number of hydrogen-bond donors (Lipinski definition) is 0. The van der Waals surface area contributed by atoms with E-state index in [-0.39, 0.29) is 5.92 Å². The fourth-order valence-electron chi connectivity index (χ4n) is 2.68. The lowest BCUT2D eigenvalue weighted by Gasteiger charge is -2.28. The molecule has 0 N–H and O–H groups in total. The summed E-state index contributed by atoms with van der Waals surface area (Å²) in [5.74, 6) is 2.92. The van der Waals surface area contributed by atoms with Gasteiger partial charge < -0.3 is 9.47 Å². The van der Waals surface area contributed by atoms with E-state index in [0.717, 1.165) is 29.3 Å². The molecule has 20 heavy (non-hydrogen) atoms. The zero-order valence-electron chi connectivity index (χ0n) is 10.9.